The molecule has 1 unspecified atom stereocenters. The van der Waals surface area contributed by atoms with E-state index in [9.17, 15) is 19.8 Å². The third-order valence-corrected chi connectivity index (χ3v) is 8.95. The molecule has 8 nitrogen and oxygen atoms in total. The number of ketones is 1. The highest BCUT2D eigenvalue weighted by Gasteiger charge is 2.48. The Labute approximate surface area is 250 Å². The van der Waals surface area contributed by atoms with Crippen LogP contribution in [0.15, 0.2) is 70.6 Å². The van der Waals surface area contributed by atoms with Gasteiger partial charge in [-0.2, -0.15) is 0 Å². The monoisotopic (exact) mass is 607 g/mol. The zero-order valence-electron chi connectivity index (χ0n) is 22.4. The number of amides is 1. The first kappa shape index (κ1) is 28.7. The highest BCUT2D eigenvalue weighted by Crippen LogP contribution is 2.45. The van der Waals surface area contributed by atoms with Gasteiger partial charge in [-0.25, -0.2) is 0 Å². The van der Waals surface area contributed by atoms with Crippen LogP contribution in [0.3, 0.4) is 0 Å². The molecule has 0 aliphatic carbocycles. The largest absolute Gasteiger partial charge is 0.507 e. The van der Waals surface area contributed by atoms with Gasteiger partial charge in [-0.3, -0.25) is 14.5 Å². The summed E-state index contributed by atoms with van der Waals surface area (Å²) in [5.41, 5.74) is 3.50. The number of phenols is 1. The Morgan fingerprint density at radius 1 is 1.07 bits per heavy atom. The van der Waals surface area contributed by atoms with Gasteiger partial charge in [0.2, 0.25) is 5.13 Å². The van der Waals surface area contributed by atoms with Crippen LogP contribution in [0.5, 0.6) is 11.5 Å². The van der Waals surface area contributed by atoms with Gasteiger partial charge in [-0.1, -0.05) is 70.6 Å². The van der Waals surface area contributed by atoms with Crippen LogP contribution in [0, 0.1) is 13.8 Å². The predicted molar refractivity (Wildman–Crippen MR) is 161 cm³/mol. The number of rotatable bonds is 8. The summed E-state index contributed by atoms with van der Waals surface area (Å²) in [7, 11) is 0. The summed E-state index contributed by atoms with van der Waals surface area (Å²) < 4.78 is 6.18. The number of phenolic OH excluding ortho intramolecular Hbond substituents is 1. The van der Waals surface area contributed by atoms with Crippen LogP contribution in [0.1, 0.15) is 40.8 Å². The van der Waals surface area contributed by atoms with Crippen molar-refractivity contribution in [3.8, 4) is 11.5 Å². The second kappa shape index (κ2) is 11.9. The van der Waals surface area contributed by atoms with E-state index in [1.807, 2.05) is 50.2 Å². The maximum absolute atomic E-state index is 13.6. The van der Waals surface area contributed by atoms with Gasteiger partial charge in [0.05, 0.1) is 18.2 Å². The van der Waals surface area contributed by atoms with Crippen molar-refractivity contribution in [1.82, 2.24) is 10.2 Å². The molecule has 11 heteroatoms. The van der Waals surface area contributed by atoms with Gasteiger partial charge >= 0.3 is 5.91 Å². The van der Waals surface area contributed by atoms with E-state index in [4.69, 9.17) is 16.3 Å². The van der Waals surface area contributed by atoms with E-state index in [1.165, 1.54) is 34.1 Å². The molecule has 210 valence electrons. The van der Waals surface area contributed by atoms with Crippen LogP contribution >= 0.6 is 34.7 Å². The van der Waals surface area contributed by atoms with Crippen molar-refractivity contribution < 1.29 is 24.5 Å². The standard InChI is InChI=1S/C30H26ClN3O5S2/c1-4-39-23-14-19(9-12-22(23)35)25-24(26(36)21-13-16(2)5-6-17(21)3)27(37)28(38)34(25)29-32-33-30(41-29)40-15-18-7-10-20(31)11-8-18/h5-14,25,35-36H,4,15H2,1-3H3. The third-order valence-electron chi connectivity index (χ3n) is 6.57. The van der Waals surface area contributed by atoms with E-state index < -0.39 is 17.7 Å². The van der Waals surface area contributed by atoms with Crippen molar-refractivity contribution in [3.05, 3.63) is 99.1 Å². The lowest BCUT2D eigenvalue weighted by Crippen LogP contribution is -2.29. The van der Waals surface area contributed by atoms with Crippen molar-refractivity contribution in [2.75, 3.05) is 11.5 Å². The van der Waals surface area contributed by atoms with Gasteiger partial charge in [0.15, 0.2) is 15.8 Å². The topological polar surface area (TPSA) is 113 Å². The van der Waals surface area contributed by atoms with Gasteiger partial charge in [0, 0.05) is 16.3 Å². The summed E-state index contributed by atoms with van der Waals surface area (Å²) in [5.74, 6) is -1.25. The van der Waals surface area contributed by atoms with Crippen LogP contribution in [0.4, 0.5) is 5.13 Å². The zero-order valence-corrected chi connectivity index (χ0v) is 24.8. The summed E-state index contributed by atoms with van der Waals surface area (Å²) in [6.07, 6.45) is 0. The molecule has 3 aromatic carbocycles. The number of hydrogen-bond acceptors (Lipinski definition) is 9. The van der Waals surface area contributed by atoms with Gasteiger partial charge < -0.3 is 14.9 Å². The molecule has 5 rings (SSSR count). The van der Waals surface area contributed by atoms with Crippen LogP contribution in [-0.4, -0.2) is 38.7 Å². The molecule has 1 aliphatic heterocycles. The molecule has 2 N–H and O–H groups in total. The first-order chi connectivity index (χ1) is 19.7. The van der Waals surface area contributed by atoms with E-state index in [2.05, 4.69) is 10.2 Å². The fraction of sp³-hybridized carbons (Fsp3) is 0.200. The van der Waals surface area contributed by atoms with Crippen LogP contribution in [0.2, 0.25) is 5.02 Å². The van der Waals surface area contributed by atoms with E-state index in [0.717, 1.165) is 16.7 Å². The Kier molecular flexibility index (Phi) is 8.35. The van der Waals surface area contributed by atoms with Crippen LogP contribution in [-0.2, 0) is 15.3 Å². The minimum absolute atomic E-state index is 0.0811. The second-order valence-electron chi connectivity index (χ2n) is 9.41. The summed E-state index contributed by atoms with van der Waals surface area (Å²) in [5, 5.41) is 31.2. The minimum atomic E-state index is -1.03. The molecule has 2 heterocycles. The predicted octanol–water partition coefficient (Wildman–Crippen LogP) is 6.83. The minimum Gasteiger partial charge on any atom is -0.507 e. The number of aromatic nitrogens is 2. The molecule has 4 aromatic rings. The highest BCUT2D eigenvalue weighted by molar-refractivity contribution is 8.00. The number of halogens is 1. The lowest BCUT2D eigenvalue weighted by Gasteiger charge is -2.23. The average molecular weight is 608 g/mol. The number of Topliss-reactive ketones (excluding diaryl/α,β-unsaturated/α-hetero) is 1. The molecule has 1 aliphatic rings. The number of ether oxygens (including phenoxy) is 1. The van der Waals surface area contributed by atoms with Crippen LogP contribution in [0.25, 0.3) is 5.76 Å². The molecular weight excluding hydrogens is 582 g/mol. The molecule has 1 aromatic heterocycles. The Morgan fingerprint density at radius 2 is 1.83 bits per heavy atom. The Morgan fingerprint density at radius 3 is 2.56 bits per heavy atom. The van der Waals surface area contributed by atoms with Gasteiger partial charge in [-0.05, 0) is 67.8 Å². The number of thioether (sulfide) groups is 1. The molecule has 1 amide bonds. The van der Waals surface area contributed by atoms with Crippen molar-refractivity contribution in [3.63, 3.8) is 0 Å². The summed E-state index contributed by atoms with van der Waals surface area (Å²) in [4.78, 5) is 28.4. The summed E-state index contributed by atoms with van der Waals surface area (Å²) in [6.45, 7) is 5.78. The highest BCUT2D eigenvalue weighted by atomic mass is 35.5. The number of aliphatic hydroxyl groups is 1. The number of hydrogen-bond donors (Lipinski definition) is 2. The Balaban J connectivity index is 1.59. The molecular formula is C30H26ClN3O5S2. The lowest BCUT2D eigenvalue weighted by molar-refractivity contribution is -0.132. The van der Waals surface area contributed by atoms with Gasteiger partial charge in [0.25, 0.3) is 5.78 Å². The molecule has 0 bridgehead atoms. The Bertz CT molecular complexity index is 1670. The number of aromatic hydroxyl groups is 1. The number of aliphatic hydroxyl groups excluding tert-OH is 1. The smallest absolute Gasteiger partial charge is 0.301 e. The summed E-state index contributed by atoms with van der Waals surface area (Å²) >= 11 is 8.60. The maximum atomic E-state index is 13.6. The van der Waals surface area contributed by atoms with Crippen molar-refractivity contribution in [2.45, 2.75) is 36.9 Å². The number of carbonyl (C=O) groups is 2. The number of benzene rings is 3. The molecule has 1 saturated heterocycles. The first-order valence-corrected chi connectivity index (χ1v) is 14.9. The number of carbonyl (C=O) groups excluding carboxylic acids is 2. The van der Waals surface area contributed by atoms with Crippen LogP contribution < -0.4 is 9.64 Å². The molecule has 1 fully saturated rings. The third kappa shape index (κ3) is 5.81. The number of anilines is 1. The maximum Gasteiger partial charge on any atom is 0.301 e. The van der Waals surface area contributed by atoms with Crippen molar-refractivity contribution in [1.29, 1.82) is 0 Å². The molecule has 0 saturated carbocycles. The number of nitrogens with zero attached hydrogens (tertiary/aromatic N) is 3. The number of aryl methyl sites for hydroxylation is 2. The fourth-order valence-corrected chi connectivity index (χ4v) is 6.49. The molecule has 1 atom stereocenters. The first-order valence-electron chi connectivity index (χ1n) is 12.7. The van der Waals surface area contributed by atoms with Gasteiger partial charge in [0.1, 0.15) is 5.76 Å². The van der Waals surface area contributed by atoms with E-state index in [1.54, 1.807) is 25.1 Å². The van der Waals surface area contributed by atoms with E-state index in [0.29, 0.717) is 32.8 Å². The van der Waals surface area contributed by atoms with Crippen molar-refractivity contribution >= 4 is 57.3 Å². The SMILES string of the molecule is CCOc1cc(C2C(=C(O)c3cc(C)ccc3C)C(=O)C(=O)N2c2nnc(SCc3ccc(Cl)cc3)s2)ccc1O. The second-order valence-corrected chi connectivity index (χ2v) is 12.0. The lowest BCUT2D eigenvalue weighted by atomic mass is 9.93. The Hall–Kier alpha value is -3.86. The molecule has 0 radical (unpaired) electrons. The fourth-order valence-electron chi connectivity index (χ4n) is 4.54. The van der Waals surface area contributed by atoms with E-state index >= 15 is 0 Å². The zero-order chi connectivity index (χ0) is 29.3. The normalized spacial score (nSPS) is 16.4. The summed E-state index contributed by atoms with van der Waals surface area (Å²) in [6, 6.07) is 16.5. The quantitative estimate of drug-likeness (QED) is 0.0737. The average Bonchev–Trinajstić information content (AvgIpc) is 3.52. The molecule has 0 spiro atoms. The van der Waals surface area contributed by atoms with Crippen molar-refractivity contribution in [2.24, 2.45) is 0 Å². The molecule has 41 heavy (non-hydrogen) atoms. The van der Waals surface area contributed by atoms with Gasteiger partial charge in [-0.15, -0.1) is 10.2 Å². The van der Waals surface area contributed by atoms with E-state index in [-0.39, 0.29) is 28.0 Å².